The fraction of sp³-hybridized carbons (Fsp3) is 0.654. The molecule has 5 aliphatic carbocycles. The molecule has 37 heavy (non-hydrogen) atoms. The van der Waals surface area contributed by atoms with Crippen LogP contribution in [0.2, 0.25) is 0 Å². The molecule has 2 bridgehead atoms. The zero-order valence-corrected chi connectivity index (χ0v) is 21.7. The summed E-state index contributed by atoms with van der Waals surface area (Å²) in [5, 5.41) is 4.22. The van der Waals surface area contributed by atoms with E-state index in [1.165, 1.54) is 0 Å². The Bertz CT molecular complexity index is 1290. The standard InChI is InChI=1S/C26H32F2N4O4S/c1-37(34,35)31-19-3-2-4-20(13-19)32(22(33)18-14-26(27,28)15-18)16-24-7-10-25(11-8-24,12-9-24)23-29-21(30-36-23)17-5-6-17/h2-4,13,17-18,31H,5-12,14-16H2,1H3. The number of fused-ring (bicyclic) bond motifs is 3. The minimum Gasteiger partial charge on any atom is -0.339 e. The summed E-state index contributed by atoms with van der Waals surface area (Å²) in [7, 11) is -3.51. The first-order valence-electron chi connectivity index (χ1n) is 13.1. The molecule has 11 heteroatoms. The lowest BCUT2D eigenvalue weighted by Crippen LogP contribution is -2.53. The highest BCUT2D eigenvalue weighted by Gasteiger charge is 2.55. The van der Waals surface area contributed by atoms with Crippen LogP contribution in [0.15, 0.2) is 28.8 Å². The molecule has 1 N–H and O–H groups in total. The molecule has 0 atom stereocenters. The Morgan fingerprint density at radius 2 is 1.81 bits per heavy atom. The number of amides is 1. The van der Waals surface area contributed by atoms with E-state index in [-0.39, 0.29) is 16.7 Å². The molecule has 5 aliphatic rings. The third-order valence-electron chi connectivity index (χ3n) is 8.90. The van der Waals surface area contributed by atoms with Crippen LogP contribution in [0.3, 0.4) is 0 Å². The molecule has 1 amide bonds. The molecule has 0 unspecified atom stereocenters. The van der Waals surface area contributed by atoms with Gasteiger partial charge in [-0.1, -0.05) is 11.2 Å². The summed E-state index contributed by atoms with van der Waals surface area (Å²) in [4.78, 5) is 19.9. The van der Waals surface area contributed by atoms with Crippen molar-refractivity contribution >= 4 is 27.3 Å². The quantitative estimate of drug-likeness (QED) is 0.512. The van der Waals surface area contributed by atoms with E-state index in [0.717, 1.165) is 69.3 Å². The minimum atomic E-state index is -3.51. The van der Waals surface area contributed by atoms with Crippen LogP contribution in [0.4, 0.5) is 20.2 Å². The molecule has 2 aromatic rings. The van der Waals surface area contributed by atoms with Gasteiger partial charge in [-0.25, -0.2) is 17.2 Å². The number of carbonyl (C=O) groups is 1. The van der Waals surface area contributed by atoms with Crippen LogP contribution in [0.1, 0.15) is 81.8 Å². The summed E-state index contributed by atoms with van der Waals surface area (Å²) in [5.41, 5.74) is 0.607. The second-order valence-electron chi connectivity index (χ2n) is 11.8. The van der Waals surface area contributed by atoms with E-state index in [1.807, 2.05) is 0 Å². The van der Waals surface area contributed by atoms with Gasteiger partial charge in [-0.3, -0.25) is 9.52 Å². The number of anilines is 2. The van der Waals surface area contributed by atoms with Gasteiger partial charge in [0.05, 0.1) is 11.9 Å². The van der Waals surface area contributed by atoms with Crippen molar-refractivity contribution in [3.05, 3.63) is 36.0 Å². The highest BCUT2D eigenvalue weighted by molar-refractivity contribution is 7.92. The molecule has 0 saturated heterocycles. The first kappa shape index (κ1) is 24.8. The van der Waals surface area contributed by atoms with Gasteiger partial charge in [0.2, 0.25) is 27.7 Å². The van der Waals surface area contributed by atoms with Crippen molar-refractivity contribution in [2.24, 2.45) is 11.3 Å². The molecule has 0 aliphatic heterocycles. The normalized spacial score (nSPS) is 29.1. The first-order valence-corrected chi connectivity index (χ1v) is 15.0. The Kier molecular flexibility index (Phi) is 5.67. The van der Waals surface area contributed by atoms with Crippen molar-refractivity contribution in [2.45, 2.75) is 81.5 Å². The molecule has 5 saturated carbocycles. The summed E-state index contributed by atoms with van der Waals surface area (Å²) in [5.74, 6) is -1.85. The number of halogens is 2. The summed E-state index contributed by atoms with van der Waals surface area (Å²) < 4.78 is 59.0. The fourth-order valence-corrected chi connectivity index (χ4v) is 6.97. The number of hydrogen-bond donors (Lipinski definition) is 1. The smallest absolute Gasteiger partial charge is 0.249 e. The number of sulfonamides is 1. The van der Waals surface area contributed by atoms with Crippen LogP contribution in [0.25, 0.3) is 0 Å². The average Bonchev–Trinajstić information content (AvgIpc) is 3.56. The largest absolute Gasteiger partial charge is 0.339 e. The molecular formula is C26H32F2N4O4S. The molecule has 0 radical (unpaired) electrons. The minimum absolute atomic E-state index is 0.119. The summed E-state index contributed by atoms with van der Waals surface area (Å²) in [6.07, 6.45) is 7.70. The van der Waals surface area contributed by atoms with E-state index >= 15 is 0 Å². The molecule has 5 fully saturated rings. The van der Waals surface area contributed by atoms with Crippen LogP contribution in [0, 0.1) is 11.3 Å². The third-order valence-corrected chi connectivity index (χ3v) is 9.51. The lowest BCUT2D eigenvalue weighted by molar-refractivity contribution is -0.148. The van der Waals surface area contributed by atoms with Gasteiger partial charge < -0.3 is 9.42 Å². The Morgan fingerprint density at radius 1 is 1.14 bits per heavy atom. The number of alkyl halides is 2. The fourth-order valence-electron chi connectivity index (χ4n) is 6.42. The molecule has 200 valence electrons. The summed E-state index contributed by atoms with van der Waals surface area (Å²) in [6, 6.07) is 6.64. The van der Waals surface area contributed by atoms with E-state index in [9.17, 15) is 22.0 Å². The highest BCUT2D eigenvalue weighted by atomic mass is 32.2. The predicted octanol–water partition coefficient (Wildman–Crippen LogP) is 4.99. The van der Waals surface area contributed by atoms with Crippen molar-refractivity contribution in [3.8, 4) is 0 Å². The number of nitrogens with one attached hydrogen (secondary N) is 1. The molecule has 1 aromatic carbocycles. The predicted molar refractivity (Wildman–Crippen MR) is 133 cm³/mol. The van der Waals surface area contributed by atoms with E-state index < -0.39 is 34.7 Å². The van der Waals surface area contributed by atoms with Crippen molar-refractivity contribution in [3.63, 3.8) is 0 Å². The zero-order chi connectivity index (χ0) is 26.1. The number of nitrogens with zero attached hydrogens (tertiary/aromatic N) is 3. The molecule has 1 heterocycles. The summed E-state index contributed by atoms with van der Waals surface area (Å²) in [6.45, 7) is 0.420. The maximum atomic E-state index is 13.7. The number of hydrogen-bond acceptors (Lipinski definition) is 6. The Hall–Kier alpha value is -2.56. The molecule has 1 aromatic heterocycles. The molecule has 8 nitrogen and oxygen atoms in total. The van der Waals surface area contributed by atoms with Gasteiger partial charge in [0.15, 0.2) is 5.82 Å². The second kappa shape index (κ2) is 8.47. The van der Waals surface area contributed by atoms with Gasteiger partial charge in [-0.2, -0.15) is 4.98 Å². The van der Waals surface area contributed by atoms with Crippen molar-refractivity contribution in [1.82, 2.24) is 10.1 Å². The first-order chi connectivity index (χ1) is 17.5. The van der Waals surface area contributed by atoms with E-state index in [0.29, 0.717) is 23.8 Å². The number of rotatable bonds is 8. The van der Waals surface area contributed by atoms with E-state index in [4.69, 9.17) is 9.51 Å². The van der Waals surface area contributed by atoms with Crippen molar-refractivity contribution in [2.75, 3.05) is 22.4 Å². The number of benzene rings is 1. The van der Waals surface area contributed by atoms with Crippen molar-refractivity contribution < 1.29 is 26.5 Å². The molecular weight excluding hydrogens is 502 g/mol. The van der Waals surface area contributed by atoms with Crippen LogP contribution < -0.4 is 9.62 Å². The number of carbonyl (C=O) groups excluding carboxylic acids is 1. The van der Waals surface area contributed by atoms with Gasteiger partial charge in [0.1, 0.15) is 0 Å². The SMILES string of the molecule is CS(=O)(=O)Nc1cccc(N(CC23CCC(c4nc(C5CC5)no4)(CC2)CC3)C(=O)C2CC(F)(F)C2)c1. The zero-order valence-electron chi connectivity index (χ0n) is 20.9. The monoisotopic (exact) mass is 534 g/mol. The van der Waals surface area contributed by atoms with Crippen LogP contribution in [-0.4, -0.2) is 43.2 Å². The van der Waals surface area contributed by atoms with E-state index in [1.54, 1.807) is 29.2 Å². The van der Waals surface area contributed by atoms with Gasteiger partial charge in [0, 0.05) is 42.3 Å². The number of aromatic nitrogens is 2. The van der Waals surface area contributed by atoms with Crippen LogP contribution in [0.5, 0.6) is 0 Å². The highest BCUT2D eigenvalue weighted by Crippen LogP contribution is 2.58. The van der Waals surface area contributed by atoms with E-state index in [2.05, 4.69) is 9.88 Å². The Morgan fingerprint density at radius 3 is 2.41 bits per heavy atom. The maximum absolute atomic E-state index is 13.7. The average molecular weight is 535 g/mol. The van der Waals surface area contributed by atoms with Crippen molar-refractivity contribution in [1.29, 1.82) is 0 Å². The maximum Gasteiger partial charge on any atom is 0.249 e. The summed E-state index contributed by atoms with van der Waals surface area (Å²) >= 11 is 0. The second-order valence-corrected chi connectivity index (χ2v) is 13.6. The lowest BCUT2D eigenvalue weighted by atomic mass is 9.53. The Balaban J connectivity index is 1.23. The Labute approximate surface area is 215 Å². The lowest BCUT2D eigenvalue weighted by Gasteiger charge is -2.53. The topological polar surface area (TPSA) is 105 Å². The van der Waals surface area contributed by atoms with Gasteiger partial charge >= 0.3 is 0 Å². The van der Waals surface area contributed by atoms with Gasteiger partial charge in [-0.05, 0) is 75.0 Å². The van der Waals surface area contributed by atoms with Gasteiger partial charge in [-0.15, -0.1) is 0 Å². The molecule has 0 spiro atoms. The molecule has 7 rings (SSSR count). The van der Waals surface area contributed by atoms with Crippen LogP contribution in [-0.2, 0) is 20.2 Å². The van der Waals surface area contributed by atoms with Crippen LogP contribution >= 0.6 is 0 Å². The van der Waals surface area contributed by atoms with Gasteiger partial charge in [0.25, 0.3) is 0 Å². The third kappa shape index (κ3) is 4.86.